The van der Waals surface area contributed by atoms with Crippen LogP contribution in [0.5, 0.6) is 0 Å². The van der Waals surface area contributed by atoms with Crippen molar-refractivity contribution in [1.82, 2.24) is 25.1 Å². The zero-order valence-electron chi connectivity index (χ0n) is 13.3. The minimum Gasteiger partial charge on any atom is -0.440 e. The predicted molar refractivity (Wildman–Crippen MR) is 92.7 cm³/mol. The summed E-state index contributed by atoms with van der Waals surface area (Å²) in [5.41, 5.74) is 9.48. The van der Waals surface area contributed by atoms with E-state index in [4.69, 9.17) is 10.2 Å². The molecule has 0 bridgehead atoms. The summed E-state index contributed by atoms with van der Waals surface area (Å²) >= 11 is 0. The van der Waals surface area contributed by atoms with Crippen molar-refractivity contribution in [2.75, 3.05) is 5.73 Å². The van der Waals surface area contributed by atoms with E-state index in [0.29, 0.717) is 28.5 Å². The summed E-state index contributed by atoms with van der Waals surface area (Å²) in [5, 5.41) is 7.62. The number of aromatic nitrogens is 5. The Morgan fingerprint density at radius 3 is 2.96 bits per heavy atom. The highest BCUT2D eigenvalue weighted by Crippen LogP contribution is 2.37. The minimum atomic E-state index is 0.361. The number of nitrogens with two attached hydrogens (primary N) is 1. The lowest BCUT2D eigenvalue weighted by Crippen LogP contribution is -2.08. The smallest absolute Gasteiger partial charge is 0.198 e. The number of benzene rings is 1. The molecule has 1 aliphatic rings. The van der Waals surface area contributed by atoms with Gasteiger partial charge in [0.25, 0.3) is 0 Å². The van der Waals surface area contributed by atoms with Gasteiger partial charge in [0.15, 0.2) is 17.1 Å². The number of nitrogens with one attached hydrogen (secondary N) is 1. The second-order valence-corrected chi connectivity index (χ2v) is 6.17. The molecule has 0 aliphatic heterocycles. The Hall–Kier alpha value is -3.40. The number of hydrogen-bond donors (Lipinski definition) is 2. The van der Waals surface area contributed by atoms with E-state index in [2.05, 4.69) is 37.0 Å². The SMILES string of the molecule is Nc1ncnc2[nH]nc(C#Cc3ccc4oc(C5CCC5)nc4c3)c12. The van der Waals surface area contributed by atoms with Crippen molar-refractivity contribution >= 4 is 28.0 Å². The standard InChI is InChI=1S/C18H14N6O/c19-16-15-12(23-24-17(15)21-9-20-16)6-4-10-5-7-14-13(8-10)22-18(25-14)11-2-1-3-11/h5,7-9,11H,1-3H2,(H3,19,20,21,23,24). The Labute approximate surface area is 142 Å². The van der Waals surface area contributed by atoms with E-state index in [1.54, 1.807) is 0 Å². The molecule has 5 rings (SSSR count). The third kappa shape index (κ3) is 2.31. The van der Waals surface area contributed by atoms with Crippen molar-refractivity contribution in [2.24, 2.45) is 0 Å². The molecule has 25 heavy (non-hydrogen) atoms. The first-order valence-electron chi connectivity index (χ1n) is 8.15. The van der Waals surface area contributed by atoms with Gasteiger partial charge in [-0.3, -0.25) is 5.10 Å². The van der Waals surface area contributed by atoms with Crippen LogP contribution in [-0.4, -0.2) is 25.1 Å². The second-order valence-electron chi connectivity index (χ2n) is 6.17. The van der Waals surface area contributed by atoms with Crippen molar-refractivity contribution in [3.05, 3.63) is 41.7 Å². The first kappa shape index (κ1) is 14.0. The molecule has 3 N–H and O–H groups in total. The van der Waals surface area contributed by atoms with Gasteiger partial charge in [-0.25, -0.2) is 15.0 Å². The van der Waals surface area contributed by atoms with Gasteiger partial charge in [-0.05, 0) is 37.0 Å². The van der Waals surface area contributed by atoms with E-state index < -0.39 is 0 Å². The summed E-state index contributed by atoms with van der Waals surface area (Å²) in [6, 6.07) is 5.76. The van der Waals surface area contributed by atoms with E-state index in [-0.39, 0.29) is 0 Å². The molecule has 0 spiro atoms. The van der Waals surface area contributed by atoms with E-state index >= 15 is 0 Å². The van der Waals surface area contributed by atoms with Gasteiger partial charge in [0, 0.05) is 11.5 Å². The molecule has 3 heterocycles. The van der Waals surface area contributed by atoms with Crippen molar-refractivity contribution < 1.29 is 4.42 Å². The maximum atomic E-state index is 5.89. The van der Waals surface area contributed by atoms with Crippen LogP contribution in [0, 0.1) is 11.8 Å². The molecule has 3 aromatic heterocycles. The summed E-state index contributed by atoms with van der Waals surface area (Å²) < 4.78 is 5.84. The van der Waals surface area contributed by atoms with Crippen LogP contribution < -0.4 is 5.73 Å². The summed E-state index contributed by atoms with van der Waals surface area (Å²) in [5.74, 6) is 7.81. The van der Waals surface area contributed by atoms with Crippen LogP contribution >= 0.6 is 0 Å². The molecule has 0 unspecified atom stereocenters. The Morgan fingerprint density at radius 1 is 1.20 bits per heavy atom. The second kappa shape index (κ2) is 5.31. The molecule has 1 aromatic carbocycles. The fourth-order valence-corrected chi connectivity index (χ4v) is 2.96. The number of anilines is 1. The van der Waals surface area contributed by atoms with Crippen LogP contribution in [0.3, 0.4) is 0 Å². The Bertz CT molecular complexity index is 1160. The van der Waals surface area contributed by atoms with Gasteiger partial charge in [-0.2, -0.15) is 5.10 Å². The monoisotopic (exact) mass is 330 g/mol. The van der Waals surface area contributed by atoms with Crippen molar-refractivity contribution in [1.29, 1.82) is 0 Å². The maximum absolute atomic E-state index is 5.89. The third-order valence-electron chi connectivity index (χ3n) is 4.57. The highest BCUT2D eigenvalue weighted by Gasteiger charge is 2.24. The molecule has 0 atom stereocenters. The van der Waals surface area contributed by atoms with Gasteiger partial charge in [-0.15, -0.1) is 0 Å². The predicted octanol–water partition coefficient (Wildman–Crippen LogP) is 2.74. The van der Waals surface area contributed by atoms with E-state index in [1.165, 1.54) is 12.7 Å². The van der Waals surface area contributed by atoms with Crippen LogP contribution in [0.15, 0.2) is 28.9 Å². The fraction of sp³-hybridized carbons (Fsp3) is 0.222. The van der Waals surface area contributed by atoms with Gasteiger partial charge in [0.05, 0.1) is 5.39 Å². The van der Waals surface area contributed by atoms with Gasteiger partial charge in [0.2, 0.25) is 0 Å². The normalized spacial score (nSPS) is 14.4. The number of nitrogens with zero attached hydrogens (tertiary/aromatic N) is 4. The van der Waals surface area contributed by atoms with Crippen molar-refractivity contribution in [3.8, 4) is 11.8 Å². The van der Waals surface area contributed by atoms with Crippen LogP contribution in [0.1, 0.15) is 42.3 Å². The Morgan fingerprint density at radius 2 is 2.12 bits per heavy atom. The van der Waals surface area contributed by atoms with Crippen LogP contribution in [0.2, 0.25) is 0 Å². The lowest BCUT2D eigenvalue weighted by molar-refractivity contribution is 0.344. The average molecular weight is 330 g/mol. The molecule has 0 saturated heterocycles. The molecule has 122 valence electrons. The molecule has 1 fully saturated rings. The molecule has 4 aromatic rings. The number of rotatable bonds is 1. The molecule has 0 radical (unpaired) electrons. The van der Waals surface area contributed by atoms with Crippen LogP contribution in [0.4, 0.5) is 5.82 Å². The fourth-order valence-electron chi connectivity index (χ4n) is 2.96. The number of aromatic amines is 1. The zero-order chi connectivity index (χ0) is 16.8. The minimum absolute atomic E-state index is 0.361. The molecule has 7 heteroatoms. The van der Waals surface area contributed by atoms with Crippen LogP contribution in [0.25, 0.3) is 22.1 Å². The van der Waals surface area contributed by atoms with Crippen molar-refractivity contribution in [2.45, 2.75) is 25.2 Å². The number of oxazole rings is 1. The summed E-state index contributed by atoms with van der Waals surface area (Å²) in [7, 11) is 0. The number of hydrogen-bond acceptors (Lipinski definition) is 6. The quantitative estimate of drug-likeness (QED) is 0.520. The van der Waals surface area contributed by atoms with Crippen LogP contribution in [-0.2, 0) is 0 Å². The molecule has 1 aliphatic carbocycles. The molecular formula is C18H14N6O. The highest BCUT2D eigenvalue weighted by molar-refractivity contribution is 5.90. The van der Waals surface area contributed by atoms with Gasteiger partial charge in [0.1, 0.15) is 23.4 Å². The first-order valence-corrected chi connectivity index (χ1v) is 8.15. The van der Waals surface area contributed by atoms with Gasteiger partial charge < -0.3 is 10.2 Å². The zero-order valence-corrected chi connectivity index (χ0v) is 13.3. The maximum Gasteiger partial charge on any atom is 0.198 e. The number of H-pyrrole nitrogens is 1. The van der Waals surface area contributed by atoms with Gasteiger partial charge in [-0.1, -0.05) is 12.3 Å². The molecular weight excluding hydrogens is 316 g/mol. The summed E-state index contributed by atoms with van der Waals surface area (Å²) in [6.07, 6.45) is 4.97. The molecule has 7 nitrogen and oxygen atoms in total. The van der Waals surface area contributed by atoms with E-state index in [1.807, 2.05) is 18.2 Å². The number of nitrogen functional groups attached to an aromatic ring is 1. The summed E-state index contributed by atoms with van der Waals surface area (Å²) in [6.45, 7) is 0. The topological polar surface area (TPSA) is 107 Å². The summed E-state index contributed by atoms with van der Waals surface area (Å²) in [4.78, 5) is 12.7. The lowest BCUT2D eigenvalue weighted by Gasteiger charge is -2.21. The third-order valence-corrected chi connectivity index (χ3v) is 4.57. The number of fused-ring (bicyclic) bond motifs is 2. The van der Waals surface area contributed by atoms with E-state index in [9.17, 15) is 0 Å². The van der Waals surface area contributed by atoms with Gasteiger partial charge >= 0.3 is 0 Å². The Kier molecular flexibility index (Phi) is 2.97. The molecule has 1 saturated carbocycles. The van der Waals surface area contributed by atoms with Crippen molar-refractivity contribution in [3.63, 3.8) is 0 Å². The van der Waals surface area contributed by atoms with E-state index in [0.717, 1.165) is 35.4 Å². The molecule has 0 amide bonds. The lowest BCUT2D eigenvalue weighted by atomic mass is 9.85. The first-order chi connectivity index (χ1) is 12.3. The Balaban J connectivity index is 1.52. The highest BCUT2D eigenvalue weighted by atomic mass is 16.3. The largest absolute Gasteiger partial charge is 0.440 e. The average Bonchev–Trinajstić information content (AvgIpc) is 3.15.